The summed E-state index contributed by atoms with van der Waals surface area (Å²) in [4.78, 5) is 19.6. The van der Waals surface area contributed by atoms with E-state index in [1.807, 2.05) is 50.2 Å². The molecule has 1 N–H and O–H groups in total. The monoisotopic (exact) mass is 427 g/mol. The minimum Gasteiger partial charge on any atom is -0.492 e. The largest absolute Gasteiger partial charge is 0.492 e. The summed E-state index contributed by atoms with van der Waals surface area (Å²) in [5.41, 5.74) is 2.33. The Bertz CT molecular complexity index is 997. The molecule has 1 aliphatic rings. The van der Waals surface area contributed by atoms with Crippen LogP contribution in [0.3, 0.4) is 0 Å². The quantitative estimate of drug-likeness (QED) is 0.610. The highest BCUT2D eigenvalue weighted by Crippen LogP contribution is 2.39. The number of thiazole rings is 1. The lowest BCUT2D eigenvalue weighted by Crippen LogP contribution is -2.36. The van der Waals surface area contributed by atoms with Crippen molar-refractivity contribution in [2.75, 3.05) is 49.7 Å². The van der Waals surface area contributed by atoms with Gasteiger partial charge in [-0.25, -0.2) is 4.98 Å². The van der Waals surface area contributed by atoms with Gasteiger partial charge in [-0.1, -0.05) is 12.1 Å². The van der Waals surface area contributed by atoms with Gasteiger partial charge < -0.3 is 24.4 Å². The van der Waals surface area contributed by atoms with Gasteiger partial charge in [-0.05, 0) is 26.0 Å². The summed E-state index contributed by atoms with van der Waals surface area (Å²) in [6.07, 6.45) is 0. The molecule has 0 unspecified atom stereocenters. The third kappa shape index (κ3) is 4.34. The minimum absolute atomic E-state index is 0.265. The van der Waals surface area contributed by atoms with E-state index in [1.54, 1.807) is 0 Å². The molecule has 1 aromatic heterocycles. The van der Waals surface area contributed by atoms with Gasteiger partial charge in [0.1, 0.15) is 11.5 Å². The zero-order chi connectivity index (χ0) is 20.9. The van der Waals surface area contributed by atoms with Crippen LogP contribution in [0.1, 0.15) is 23.6 Å². The number of hydrogen-bond donors (Lipinski definition) is 1. The molecule has 0 atom stereocenters. The van der Waals surface area contributed by atoms with Crippen molar-refractivity contribution in [2.24, 2.45) is 0 Å². The average Bonchev–Trinajstić information content (AvgIpc) is 3.21. The SMILES string of the molecule is CCOc1cc(N2CCOCC2)c(OCC)cc1NC(=O)c1nc2ccccc2s1. The van der Waals surface area contributed by atoms with Gasteiger partial charge in [0.25, 0.3) is 5.91 Å². The number of nitrogens with one attached hydrogen (secondary N) is 1. The lowest BCUT2D eigenvalue weighted by Gasteiger charge is -2.31. The molecule has 1 amide bonds. The third-order valence-electron chi connectivity index (χ3n) is 4.75. The molecule has 0 spiro atoms. The third-order valence-corrected chi connectivity index (χ3v) is 5.78. The maximum Gasteiger partial charge on any atom is 0.284 e. The Morgan fingerprint density at radius 3 is 2.60 bits per heavy atom. The number of para-hydroxylation sites is 1. The molecule has 1 fully saturated rings. The van der Waals surface area contributed by atoms with Crippen molar-refractivity contribution >= 4 is 38.8 Å². The summed E-state index contributed by atoms with van der Waals surface area (Å²) in [7, 11) is 0. The van der Waals surface area contributed by atoms with Crippen molar-refractivity contribution in [3.8, 4) is 11.5 Å². The fraction of sp³-hybridized carbons (Fsp3) is 0.364. The molecule has 8 heteroatoms. The van der Waals surface area contributed by atoms with E-state index in [-0.39, 0.29) is 5.91 Å². The molecular formula is C22H25N3O4S. The van der Waals surface area contributed by atoms with Gasteiger partial charge in [0, 0.05) is 25.2 Å². The van der Waals surface area contributed by atoms with Crippen molar-refractivity contribution in [3.63, 3.8) is 0 Å². The smallest absolute Gasteiger partial charge is 0.284 e. The first-order valence-corrected chi connectivity index (χ1v) is 10.9. The molecule has 0 radical (unpaired) electrons. The molecule has 158 valence electrons. The van der Waals surface area contributed by atoms with Crippen molar-refractivity contribution in [2.45, 2.75) is 13.8 Å². The Morgan fingerprint density at radius 1 is 1.13 bits per heavy atom. The first kappa shape index (κ1) is 20.4. The molecule has 7 nitrogen and oxygen atoms in total. The molecule has 4 rings (SSSR count). The van der Waals surface area contributed by atoms with Crippen LogP contribution in [-0.4, -0.2) is 50.4 Å². The molecule has 0 saturated carbocycles. The number of anilines is 2. The highest BCUT2D eigenvalue weighted by Gasteiger charge is 2.21. The van der Waals surface area contributed by atoms with Crippen molar-refractivity contribution < 1.29 is 19.0 Å². The van der Waals surface area contributed by atoms with Crippen LogP contribution in [0.15, 0.2) is 36.4 Å². The Hall–Kier alpha value is -2.84. The van der Waals surface area contributed by atoms with Crippen LogP contribution in [0.2, 0.25) is 0 Å². The van der Waals surface area contributed by atoms with Crippen LogP contribution < -0.4 is 19.7 Å². The zero-order valence-corrected chi connectivity index (χ0v) is 18.0. The van der Waals surface area contributed by atoms with Gasteiger partial charge in [0.05, 0.1) is 48.0 Å². The Morgan fingerprint density at radius 2 is 1.87 bits per heavy atom. The number of hydrogen-bond acceptors (Lipinski definition) is 7. The van der Waals surface area contributed by atoms with E-state index in [1.165, 1.54) is 11.3 Å². The van der Waals surface area contributed by atoms with Crippen molar-refractivity contribution in [1.82, 2.24) is 4.98 Å². The Kier molecular flexibility index (Phi) is 6.35. The van der Waals surface area contributed by atoms with E-state index in [0.29, 0.717) is 48.6 Å². The number of amides is 1. The summed E-state index contributed by atoms with van der Waals surface area (Å²) in [6.45, 7) is 7.78. The second-order valence-electron chi connectivity index (χ2n) is 6.72. The van der Waals surface area contributed by atoms with Crippen molar-refractivity contribution in [1.29, 1.82) is 0 Å². The van der Waals surface area contributed by atoms with E-state index in [0.717, 1.165) is 29.0 Å². The number of ether oxygens (including phenoxy) is 3. The summed E-state index contributed by atoms with van der Waals surface area (Å²) < 4.78 is 18.2. The first-order valence-electron chi connectivity index (χ1n) is 10.1. The van der Waals surface area contributed by atoms with Crippen LogP contribution in [0.4, 0.5) is 11.4 Å². The number of benzene rings is 2. The Labute approximate surface area is 179 Å². The molecule has 2 aromatic carbocycles. The van der Waals surface area contributed by atoms with E-state index in [2.05, 4.69) is 15.2 Å². The fourth-order valence-corrected chi connectivity index (χ4v) is 4.25. The number of nitrogens with zero attached hydrogens (tertiary/aromatic N) is 2. The van der Waals surface area contributed by atoms with Crippen molar-refractivity contribution in [3.05, 3.63) is 41.4 Å². The second kappa shape index (κ2) is 9.32. The molecule has 30 heavy (non-hydrogen) atoms. The van der Waals surface area contributed by atoms with E-state index >= 15 is 0 Å². The van der Waals surface area contributed by atoms with Gasteiger partial charge >= 0.3 is 0 Å². The fourth-order valence-electron chi connectivity index (χ4n) is 3.39. The van der Waals surface area contributed by atoms with Gasteiger partial charge in [0.15, 0.2) is 5.01 Å². The topological polar surface area (TPSA) is 72.9 Å². The second-order valence-corrected chi connectivity index (χ2v) is 7.75. The predicted molar refractivity (Wildman–Crippen MR) is 119 cm³/mol. The molecule has 0 bridgehead atoms. The van der Waals surface area contributed by atoms with Crippen LogP contribution >= 0.6 is 11.3 Å². The predicted octanol–water partition coefficient (Wildman–Crippen LogP) is 4.18. The summed E-state index contributed by atoms with van der Waals surface area (Å²) in [5, 5.41) is 3.37. The number of aromatic nitrogens is 1. The molecule has 2 heterocycles. The number of carbonyl (C=O) groups excluding carboxylic acids is 1. The highest BCUT2D eigenvalue weighted by atomic mass is 32.1. The van der Waals surface area contributed by atoms with E-state index < -0.39 is 0 Å². The number of fused-ring (bicyclic) bond motifs is 1. The first-order chi connectivity index (χ1) is 14.7. The minimum atomic E-state index is -0.265. The summed E-state index contributed by atoms with van der Waals surface area (Å²) in [5.74, 6) is 1.05. The van der Waals surface area contributed by atoms with Gasteiger partial charge in [-0.3, -0.25) is 4.79 Å². The summed E-state index contributed by atoms with van der Waals surface area (Å²) in [6, 6.07) is 11.5. The van der Waals surface area contributed by atoms with Crippen LogP contribution in [0.25, 0.3) is 10.2 Å². The highest BCUT2D eigenvalue weighted by molar-refractivity contribution is 7.20. The molecule has 0 aliphatic carbocycles. The molecular weight excluding hydrogens is 402 g/mol. The standard InChI is InChI=1S/C22H25N3O4S/c1-3-28-18-14-17(25-9-11-27-12-10-25)19(29-4-2)13-16(18)23-21(26)22-24-15-7-5-6-8-20(15)30-22/h5-8,13-14H,3-4,9-12H2,1-2H3,(H,23,26). The van der Waals surface area contributed by atoms with Gasteiger partial charge in [-0.15, -0.1) is 11.3 Å². The molecule has 1 saturated heterocycles. The lowest BCUT2D eigenvalue weighted by molar-refractivity contribution is 0.102. The van der Waals surface area contributed by atoms with Crippen LogP contribution in [0.5, 0.6) is 11.5 Å². The molecule has 3 aromatic rings. The summed E-state index contributed by atoms with van der Waals surface area (Å²) >= 11 is 1.37. The maximum atomic E-state index is 12.9. The van der Waals surface area contributed by atoms with E-state index in [9.17, 15) is 4.79 Å². The number of morpholine rings is 1. The zero-order valence-electron chi connectivity index (χ0n) is 17.1. The van der Waals surface area contributed by atoms with Gasteiger partial charge in [-0.2, -0.15) is 0 Å². The lowest BCUT2D eigenvalue weighted by atomic mass is 10.2. The van der Waals surface area contributed by atoms with Crippen LogP contribution in [0, 0.1) is 0 Å². The Balaban J connectivity index is 1.66. The number of rotatable bonds is 7. The molecule has 1 aliphatic heterocycles. The van der Waals surface area contributed by atoms with Crippen LogP contribution in [-0.2, 0) is 4.74 Å². The number of carbonyl (C=O) groups is 1. The average molecular weight is 428 g/mol. The maximum absolute atomic E-state index is 12.9. The van der Waals surface area contributed by atoms with Gasteiger partial charge in [0.2, 0.25) is 0 Å². The normalized spacial score (nSPS) is 14.0. The van der Waals surface area contributed by atoms with E-state index in [4.69, 9.17) is 14.2 Å².